The lowest BCUT2D eigenvalue weighted by atomic mass is 10.1. The van der Waals surface area contributed by atoms with Crippen LogP contribution in [-0.4, -0.2) is 29.3 Å². The second kappa shape index (κ2) is 7.63. The molecule has 0 radical (unpaired) electrons. The van der Waals surface area contributed by atoms with E-state index in [1.807, 2.05) is 19.1 Å². The number of hydrogen-bond donors (Lipinski definition) is 1. The third kappa shape index (κ3) is 3.85. The molecule has 1 N–H and O–H groups in total. The van der Waals surface area contributed by atoms with Crippen molar-refractivity contribution < 1.29 is 14.4 Å². The molecule has 0 bridgehead atoms. The van der Waals surface area contributed by atoms with Gasteiger partial charge in [0.2, 0.25) is 12.0 Å². The Hall–Kier alpha value is -2.12. The van der Waals surface area contributed by atoms with Crippen LogP contribution in [0.1, 0.15) is 23.8 Å². The lowest BCUT2D eigenvalue weighted by Crippen LogP contribution is -2.34. The van der Waals surface area contributed by atoms with Gasteiger partial charge in [0.25, 0.3) is 5.91 Å². The monoisotopic (exact) mass is 365 g/mol. The number of halogens is 1. The van der Waals surface area contributed by atoms with E-state index in [-0.39, 0.29) is 5.91 Å². The van der Waals surface area contributed by atoms with Gasteiger partial charge in [-0.25, -0.2) is 4.98 Å². The summed E-state index contributed by atoms with van der Waals surface area (Å²) >= 11 is 7.34. The quantitative estimate of drug-likeness (QED) is 0.854. The molecule has 0 spiro atoms. The molecule has 3 rings (SSSR count). The van der Waals surface area contributed by atoms with Gasteiger partial charge >= 0.3 is 0 Å². The van der Waals surface area contributed by atoms with Crippen LogP contribution in [0.4, 0.5) is 0 Å². The summed E-state index contributed by atoms with van der Waals surface area (Å²) < 4.78 is 6.13. The average molecular weight is 366 g/mol. The van der Waals surface area contributed by atoms with E-state index in [1.165, 1.54) is 11.3 Å². The maximum Gasteiger partial charge on any atom is 0.264 e. The van der Waals surface area contributed by atoms with E-state index < -0.39 is 6.10 Å². The second-order valence-corrected chi connectivity index (χ2v) is 6.77. The number of carbonyl (C=O) groups excluding carboxylic acids is 1. The molecule has 8 heteroatoms. The van der Waals surface area contributed by atoms with E-state index in [1.54, 1.807) is 18.3 Å². The molecule has 0 aliphatic carbocycles. The highest BCUT2D eigenvalue weighted by atomic mass is 35.5. The van der Waals surface area contributed by atoms with Gasteiger partial charge in [0.1, 0.15) is 5.71 Å². The number of thiophene rings is 1. The molecule has 1 atom stereocenters. The third-order valence-corrected chi connectivity index (χ3v) is 4.68. The van der Waals surface area contributed by atoms with Crippen molar-refractivity contribution in [1.29, 1.82) is 0 Å². The number of aromatic nitrogens is 1. The van der Waals surface area contributed by atoms with Gasteiger partial charge in [-0.3, -0.25) is 4.79 Å². The zero-order valence-corrected chi connectivity index (χ0v) is 14.6. The summed E-state index contributed by atoms with van der Waals surface area (Å²) in [5, 5.41) is 6.83. The molecular weight excluding hydrogens is 350 g/mol. The molecular formula is C16H16ClN3O3S. The maximum atomic E-state index is 12.3. The molecule has 1 unspecified atom stereocenters. The van der Waals surface area contributed by atoms with Crippen LogP contribution in [0.5, 0.6) is 5.88 Å². The number of oxime groups is 1. The topological polar surface area (TPSA) is 72.8 Å². The number of hydrogen-bond acceptors (Lipinski definition) is 6. The minimum Gasteiger partial charge on any atom is -0.478 e. The van der Waals surface area contributed by atoms with Crippen LogP contribution in [0.25, 0.3) is 0 Å². The van der Waals surface area contributed by atoms with E-state index in [4.69, 9.17) is 21.2 Å². The first-order valence-electron chi connectivity index (χ1n) is 7.50. The van der Waals surface area contributed by atoms with Crippen molar-refractivity contribution in [2.45, 2.75) is 26.0 Å². The fourth-order valence-corrected chi connectivity index (χ4v) is 3.29. The van der Waals surface area contributed by atoms with Crippen LogP contribution in [0.2, 0.25) is 4.34 Å². The van der Waals surface area contributed by atoms with Crippen molar-refractivity contribution in [2.24, 2.45) is 5.16 Å². The summed E-state index contributed by atoms with van der Waals surface area (Å²) in [6.45, 7) is 2.73. The number of ether oxygens (including phenoxy) is 1. The van der Waals surface area contributed by atoms with Crippen LogP contribution in [-0.2, 0) is 16.2 Å². The van der Waals surface area contributed by atoms with Crippen molar-refractivity contribution >= 4 is 34.6 Å². The molecule has 0 saturated carbocycles. The molecule has 0 fully saturated rings. The van der Waals surface area contributed by atoms with Crippen LogP contribution >= 0.6 is 22.9 Å². The van der Waals surface area contributed by atoms with Gasteiger partial charge in [0, 0.05) is 24.7 Å². The predicted molar refractivity (Wildman–Crippen MR) is 92.6 cm³/mol. The fraction of sp³-hybridized carbons (Fsp3) is 0.312. The summed E-state index contributed by atoms with van der Waals surface area (Å²) in [6, 6.07) is 7.34. The average Bonchev–Trinajstić information content (AvgIpc) is 3.23. The summed E-state index contributed by atoms with van der Waals surface area (Å²) in [7, 11) is 0. The Balaban J connectivity index is 1.55. The van der Waals surface area contributed by atoms with Crippen molar-refractivity contribution in [3.05, 3.63) is 45.2 Å². The van der Waals surface area contributed by atoms with Gasteiger partial charge in [-0.15, -0.1) is 11.3 Å². The zero-order chi connectivity index (χ0) is 16.9. The summed E-state index contributed by atoms with van der Waals surface area (Å²) in [6.07, 6.45) is 1.45. The van der Waals surface area contributed by atoms with Crippen LogP contribution in [0, 0.1) is 0 Å². The van der Waals surface area contributed by atoms with Gasteiger partial charge in [0.05, 0.1) is 15.8 Å². The van der Waals surface area contributed by atoms with E-state index in [9.17, 15) is 4.79 Å². The van der Waals surface area contributed by atoms with Gasteiger partial charge in [-0.1, -0.05) is 22.8 Å². The first-order chi connectivity index (χ1) is 11.7. The van der Waals surface area contributed by atoms with E-state index in [0.29, 0.717) is 29.8 Å². The highest BCUT2D eigenvalue weighted by Gasteiger charge is 2.29. The minimum atomic E-state index is -0.631. The fourth-order valence-electron chi connectivity index (χ4n) is 2.25. The number of carbonyl (C=O) groups is 1. The largest absolute Gasteiger partial charge is 0.478 e. The standard InChI is InChI=1S/C16H16ClN3O3S/c1-2-22-16-10(4-3-7-18-16)9-19-15(21)12-8-11(20-23-12)13-5-6-14(17)24-13/h3-7,12H,2,8-9H2,1H3,(H,19,21). The SMILES string of the molecule is CCOc1ncccc1CNC(=O)C1CC(c2ccc(Cl)s2)=NO1. The molecule has 1 amide bonds. The molecule has 2 aromatic heterocycles. The summed E-state index contributed by atoms with van der Waals surface area (Å²) in [4.78, 5) is 22.6. The lowest BCUT2D eigenvalue weighted by molar-refractivity contribution is -0.131. The zero-order valence-electron chi connectivity index (χ0n) is 13.0. The number of rotatable bonds is 6. The first-order valence-corrected chi connectivity index (χ1v) is 8.69. The van der Waals surface area contributed by atoms with Crippen LogP contribution in [0.3, 0.4) is 0 Å². The Bertz CT molecular complexity index is 763. The van der Waals surface area contributed by atoms with E-state index in [2.05, 4.69) is 15.5 Å². The lowest BCUT2D eigenvalue weighted by Gasteiger charge is -2.11. The number of amides is 1. The predicted octanol–water partition coefficient (Wildman–Crippen LogP) is 3.00. The third-order valence-electron chi connectivity index (χ3n) is 3.40. The number of pyridine rings is 1. The molecule has 2 aromatic rings. The van der Waals surface area contributed by atoms with Gasteiger partial charge < -0.3 is 14.9 Å². The smallest absolute Gasteiger partial charge is 0.264 e. The Labute approximate surface area is 148 Å². The molecule has 0 aromatic carbocycles. The Kier molecular flexibility index (Phi) is 5.32. The minimum absolute atomic E-state index is 0.220. The van der Waals surface area contributed by atoms with Crippen molar-refractivity contribution in [2.75, 3.05) is 6.61 Å². The molecule has 1 aliphatic heterocycles. The first kappa shape index (κ1) is 16.7. The van der Waals surface area contributed by atoms with Crippen LogP contribution in [0.15, 0.2) is 35.6 Å². The Morgan fingerprint density at radius 3 is 3.12 bits per heavy atom. The summed E-state index contributed by atoms with van der Waals surface area (Å²) in [5.41, 5.74) is 1.56. The Morgan fingerprint density at radius 2 is 2.38 bits per heavy atom. The summed E-state index contributed by atoms with van der Waals surface area (Å²) in [5.74, 6) is 0.306. The van der Waals surface area contributed by atoms with Gasteiger partial charge in [-0.2, -0.15) is 0 Å². The normalized spacial score (nSPS) is 16.4. The highest BCUT2D eigenvalue weighted by Crippen LogP contribution is 2.26. The van der Waals surface area contributed by atoms with Crippen LogP contribution < -0.4 is 10.1 Å². The van der Waals surface area contributed by atoms with Crippen molar-refractivity contribution in [3.8, 4) is 5.88 Å². The van der Waals surface area contributed by atoms with Crippen molar-refractivity contribution in [3.63, 3.8) is 0 Å². The van der Waals surface area contributed by atoms with E-state index >= 15 is 0 Å². The molecule has 1 aliphatic rings. The van der Waals surface area contributed by atoms with Crippen molar-refractivity contribution in [1.82, 2.24) is 10.3 Å². The molecule has 3 heterocycles. The van der Waals surface area contributed by atoms with Gasteiger partial charge in [-0.05, 0) is 25.1 Å². The molecule has 0 saturated heterocycles. The second-order valence-electron chi connectivity index (χ2n) is 5.06. The van der Waals surface area contributed by atoms with Gasteiger partial charge in [0.15, 0.2) is 0 Å². The highest BCUT2D eigenvalue weighted by molar-refractivity contribution is 7.18. The Morgan fingerprint density at radius 1 is 1.50 bits per heavy atom. The molecule has 24 heavy (non-hydrogen) atoms. The number of nitrogens with one attached hydrogen (secondary N) is 1. The molecule has 6 nitrogen and oxygen atoms in total. The molecule has 126 valence electrons. The number of nitrogens with zero attached hydrogens (tertiary/aromatic N) is 2. The maximum absolute atomic E-state index is 12.3. The van der Waals surface area contributed by atoms with E-state index in [0.717, 1.165) is 16.2 Å².